The highest BCUT2D eigenvalue weighted by atomic mass is 16.7. The molecule has 1 aromatic rings. The van der Waals surface area contributed by atoms with Crippen LogP contribution >= 0.6 is 0 Å². The largest absolute Gasteiger partial charge is 0.479 e. The number of rotatable bonds is 5. The van der Waals surface area contributed by atoms with Crippen LogP contribution in [0.4, 0.5) is 0 Å². The van der Waals surface area contributed by atoms with Gasteiger partial charge in [0.05, 0.1) is 17.7 Å². The van der Waals surface area contributed by atoms with E-state index in [2.05, 4.69) is 0 Å². The maximum Gasteiger partial charge on any atom is 0.341 e. The van der Waals surface area contributed by atoms with Crippen molar-refractivity contribution in [1.82, 2.24) is 0 Å². The Bertz CT molecular complexity index is 687. The first kappa shape index (κ1) is 19.8. The van der Waals surface area contributed by atoms with E-state index in [9.17, 15) is 29.7 Å². The first-order valence-corrected chi connectivity index (χ1v) is 7.67. The Balaban J connectivity index is 2.21. The number of hydrogen-bond donors (Lipinski definition) is 4. The number of aliphatic carboxylic acids is 1. The van der Waals surface area contributed by atoms with E-state index in [1.165, 1.54) is 24.3 Å². The van der Waals surface area contributed by atoms with Crippen LogP contribution in [0.5, 0.6) is 0 Å². The van der Waals surface area contributed by atoms with Crippen molar-refractivity contribution in [3.05, 3.63) is 35.4 Å². The number of hydrogen-bond acceptors (Lipinski definition) is 9. The molecule has 4 N–H and O–H groups in total. The maximum atomic E-state index is 12.3. The Kier molecular flexibility index (Phi) is 6.27. The first-order valence-electron chi connectivity index (χ1n) is 7.67. The van der Waals surface area contributed by atoms with E-state index in [-0.39, 0.29) is 17.7 Å². The molecule has 1 fully saturated rings. The van der Waals surface area contributed by atoms with Gasteiger partial charge in [-0.1, -0.05) is 12.1 Å². The van der Waals surface area contributed by atoms with Crippen molar-refractivity contribution in [2.75, 3.05) is 6.61 Å². The lowest BCUT2D eigenvalue weighted by Crippen LogP contribution is -2.60. The van der Waals surface area contributed by atoms with Crippen LogP contribution in [0, 0.1) is 0 Å². The van der Waals surface area contributed by atoms with Crippen LogP contribution < -0.4 is 0 Å². The Hall–Kier alpha value is -2.53. The molecular weight excluding hydrogens is 352 g/mol. The molecule has 1 heterocycles. The molecule has 1 saturated heterocycles. The van der Waals surface area contributed by atoms with Crippen molar-refractivity contribution in [2.24, 2.45) is 0 Å². The molecule has 1 aliphatic rings. The van der Waals surface area contributed by atoms with Gasteiger partial charge in [0.2, 0.25) is 6.29 Å². The number of carboxylic acid groups (broad SMARTS) is 1. The van der Waals surface area contributed by atoms with Crippen molar-refractivity contribution in [3.63, 3.8) is 0 Å². The summed E-state index contributed by atoms with van der Waals surface area (Å²) < 4.78 is 14.6. The summed E-state index contributed by atoms with van der Waals surface area (Å²) in [6, 6.07) is 5.54. The van der Waals surface area contributed by atoms with Gasteiger partial charge in [-0.2, -0.15) is 0 Å². The average Bonchev–Trinajstić information content (AvgIpc) is 2.62. The molecule has 0 saturated carbocycles. The highest BCUT2D eigenvalue weighted by Gasteiger charge is 2.48. The Morgan fingerprint density at radius 3 is 2.12 bits per heavy atom. The molecule has 0 aromatic heterocycles. The summed E-state index contributed by atoms with van der Waals surface area (Å²) >= 11 is 0. The number of benzene rings is 1. The molecule has 0 amide bonds. The number of aliphatic hydroxyl groups is 3. The lowest BCUT2D eigenvalue weighted by atomic mass is 9.99. The second-order valence-corrected chi connectivity index (χ2v) is 5.41. The molecule has 2 rings (SSSR count). The molecule has 10 heteroatoms. The minimum absolute atomic E-state index is 0.0804. The van der Waals surface area contributed by atoms with Crippen LogP contribution in [0.1, 0.15) is 27.6 Å². The predicted octanol–water partition coefficient (Wildman–Crippen LogP) is -1.09. The molecule has 0 aliphatic carbocycles. The standard InChI is InChI=1S/C16H18O10/c1-2-24-14(22)7-5-3-4-6-8(7)15(23)26-16-11(19)9(17)10(18)12(25-16)13(20)21/h3-6,9-12,16-19H,2H2,1H3,(H,20,21)/t9-,10-,11+,12-,16-/m0/s1. The van der Waals surface area contributed by atoms with Gasteiger partial charge >= 0.3 is 17.9 Å². The van der Waals surface area contributed by atoms with Gasteiger partial charge in [-0.3, -0.25) is 0 Å². The van der Waals surface area contributed by atoms with E-state index < -0.39 is 48.6 Å². The normalized spacial score (nSPS) is 28.2. The second kappa shape index (κ2) is 8.23. The van der Waals surface area contributed by atoms with Gasteiger partial charge in [0.15, 0.2) is 6.10 Å². The summed E-state index contributed by atoms with van der Waals surface area (Å²) in [6.45, 7) is 1.67. The van der Waals surface area contributed by atoms with Crippen molar-refractivity contribution in [2.45, 2.75) is 37.6 Å². The SMILES string of the molecule is CCOC(=O)c1ccccc1C(=O)O[C@@H]1O[C@H](C(=O)O)[C@@H](O)[C@H](O)[C@H]1O. The topological polar surface area (TPSA) is 160 Å². The minimum Gasteiger partial charge on any atom is -0.479 e. The van der Waals surface area contributed by atoms with Crippen molar-refractivity contribution < 1.29 is 49.0 Å². The van der Waals surface area contributed by atoms with Crippen LogP contribution in [0.2, 0.25) is 0 Å². The molecule has 0 spiro atoms. The summed E-state index contributed by atoms with van der Waals surface area (Å²) in [5, 5.41) is 38.2. The molecule has 0 bridgehead atoms. The Labute approximate surface area is 147 Å². The van der Waals surface area contributed by atoms with Crippen molar-refractivity contribution in [3.8, 4) is 0 Å². The van der Waals surface area contributed by atoms with Gasteiger partial charge < -0.3 is 34.6 Å². The summed E-state index contributed by atoms with van der Waals surface area (Å²) in [4.78, 5) is 35.3. The van der Waals surface area contributed by atoms with Gasteiger partial charge in [-0.05, 0) is 19.1 Å². The molecule has 10 nitrogen and oxygen atoms in total. The van der Waals surface area contributed by atoms with Gasteiger partial charge in [0, 0.05) is 0 Å². The molecule has 26 heavy (non-hydrogen) atoms. The number of aliphatic hydroxyl groups excluding tert-OH is 3. The van der Waals surface area contributed by atoms with Gasteiger partial charge in [-0.15, -0.1) is 0 Å². The van der Waals surface area contributed by atoms with Crippen molar-refractivity contribution >= 4 is 17.9 Å². The fourth-order valence-electron chi connectivity index (χ4n) is 2.37. The number of carboxylic acids is 1. The molecule has 1 aliphatic heterocycles. The Morgan fingerprint density at radius 1 is 1.00 bits per heavy atom. The third kappa shape index (κ3) is 3.99. The smallest absolute Gasteiger partial charge is 0.341 e. The predicted molar refractivity (Wildman–Crippen MR) is 82.1 cm³/mol. The van der Waals surface area contributed by atoms with Crippen LogP contribution in [0.3, 0.4) is 0 Å². The molecule has 5 atom stereocenters. The van der Waals surface area contributed by atoms with Gasteiger partial charge in [-0.25, -0.2) is 14.4 Å². The van der Waals surface area contributed by atoms with Crippen LogP contribution in [0.25, 0.3) is 0 Å². The minimum atomic E-state index is -1.91. The zero-order valence-corrected chi connectivity index (χ0v) is 13.6. The average molecular weight is 370 g/mol. The van der Waals surface area contributed by atoms with Crippen LogP contribution in [-0.4, -0.2) is 75.6 Å². The summed E-state index contributed by atoms with van der Waals surface area (Å²) in [7, 11) is 0. The van der Waals surface area contributed by atoms with Crippen molar-refractivity contribution in [1.29, 1.82) is 0 Å². The van der Waals surface area contributed by atoms with E-state index in [1.807, 2.05) is 0 Å². The quantitative estimate of drug-likeness (QED) is 0.469. The zero-order chi connectivity index (χ0) is 19.4. The molecular formula is C16H18O10. The maximum absolute atomic E-state index is 12.3. The monoisotopic (exact) mass is 370 g/mol. The second-order valence-electron chi connectivity index (χ2n) is 5.41. The fourth-order valence-corrected chi connectivity index (χ4v) is 2.37. The Morgan fingerprint density at radius 2 is 1.58 bits per heavy atom. The first-order chi connectivity index (χ1) is 12.3. The molecule has 1 aromatic carbocycles. The highest BCUT2D eigenvalue weighted by molar-refractivity contribution is 6.03. The molecule has 0 unspecified atom stereocenters. The van der Waals surface area contributed by atoms with E-state index in [0.717, 1.165) is 0 Å². The van der Waals surface area contributed by atoms with E-state index in [1.54, 1.807) is 6.92 Å². The number of carbonyl (C=O) groups is 3. The van der Waals surface area contributed by atoms with E-state index in [0.29, 0.717) is 0 Å². The summed E-state index contributed by atoms with van der Waals surface area (Å²) in [5.41, 5.74) is -0.297. The van der Waals surface area contributed by atoms with Crippen LogP contribution in [0.15, 0.2) is 24.3 Å². The lowest BCUT2D eigenvalue weighted by Gasteiger charge is -2.37. The molecule has 0 radical (unpaired) electrons. The van der Waals surface area contributed by atoms with Gasteiger partial charge in [0.1, 0.15) is 18.3 Å². The van der Waals surface area contributed by atoms with E-state index in [4.69, 9.17) is 19.3 Å². The number of carbonyl (C=O) groups excluding carboxylic acids is 2. The number of esters is 2. The molecule has 142 valence electrons. The highest BCUT2D eigenvalue weighted by Crippen LogP contribution is 2.24. The van der Waals surface area contributed by atoms with Crippen LogP contribution in [-0.2, 0) is 19.0 Å². The number of ether oxygens (including phenoxy) is 3. The fraction of sp³-hybridized carbons (Fsp3) is 0.438. The summed E-state index contributed by atoms with van der Waals surface area (Å²) in [6.07, 6.45) is -9.49. The zero-order valence-electron chi connectivity index (χ0n) is 13.6. The third-order valence-corrected chi connectivity index (χ3v) is 3.68. The van der Waals surface area contributed by atoms with Gasteiger partial charge in [0.25, 0.3) is 0 Å². The van der Waals surface area contributed by atoms with E-state index >= 15 is 0 Å². The lowest BCUT2D eigenvalue weighted by molar-refractivity contribution is -0.278. The third-order valence-electron chi connectivity index (χ3n) is 3.68. The summed E-state index contributed by atoms with van der Waals surface area (Å²) in [5.74, 6) is -3.49.